The first-order valence-electron chi connectivity index (χ1n) is 12.8. The van der Waals surface area contributed by atoms with Crippen LogP contribution in [0.1, 0.15) is 52.2 Å². The molecule has 5 rings (SSSR count). The molecule has 1 N–H and O–H groups in total. The van der Waals surface area contributed by atoms with Crippen LogP contribution in [0.5, 0.6) is 0 Å². The summed E-state index contributed by atoms with van der Waals surface area (Å²) in [7, 11) is 0. The van der Waals surface area contributed by atoms with Crippen molar-refractivity contribution >= 4 is 23.3 Å². The van der Waals surface area contributed by atoms with E-state index in [0.717, 1.165) is 67.1 Å². The average Bonchev–Trinajstić information content (AvgIpc) is 3.42. The molecule has 7 nitrogen and oxygen atoms in total. The van der Waals surface area contributed by atoms with Gasteiger partial charge in [-0.2, -0.15) is 5.10 Å². The van der Waals surface area contributed by atoms with Gasteiger partial charge in [-0.25, -0.2) is 0 Å². The molecule has 1 atom stereocenters. The van der Waals surface area contributed by atoms with Gasteiger partial charge in [-0.15, -0.1) is 5.10 Å². The predicted octanol–water partition coefficient (Wildman–Crippen LogP) is 4.58. The van der Waals surface area contributed by atoms with Crippen LogP contribution in [0.3, 0.4) is 0 Å². The van der Waals surface area contributed by atoms with Crippen molar-refractivity contribution in [1.29, 1.82) is 0 Å². The van der Waals surface area contributed by atoms with Gasteiger partial charge in [0, 0.05) is 43.6 Å². The third kappa shape index (κ3) is 5.25. The van der Waals surface area contributed by atoms with Crippen molar-refractivity contribution in [3.63, 3.8) is 0 Å². The smallest absolute Gasteiger partial charge is 0.254 e. The van der Waals surface area contributed by atoms with E-state index in [-0.39, 0.29) is 17.7 Å². The predicted molar refractivity (Wildman–Crippen MR) is 141 cm³/mol. The van der Waals surface area contributed by atoms with Crippen molar-refractivity contribution in [3.8, 4) is 0 Å². The molecule has 0 aliphatic carbocycles. The van der Waals surface area contributed by atoms with Crippen LogP contribution in [0.2, 0.25) is 0 Å². The van der Waals surface area contributed by atoms with E-state index in [1.54, 1.807) is 6.20 Å². The van der Waals surface area contributed by atoms with Crippen LogP contribution in [0, 0.1) is 19.8 Å². The van der Waals surface area contributed by atoms with E-state index in [0.29, 0.717) is 12.5 Å². The van der Waals surface area contributed by atoms with Gasteiger partial charge in [-0.1, -0.05) is 29.8 Å². The van der Waals surface area contributed by atoms with Crippen LogP contribution in [0.4, 0.5) is 11.5 Å². The highest BCUT2D eigenvalue weighted by molar-refractivity contribution is 5.96. The number of nitrogens with one attached hydrogen (secondary N) is 1. The summed E-state index contributed by atoms with van der Waals surface area (Å²) < 4.78 is 0. The summed E-state index contributed by atoms with van der Waals surface area (Å²) in [5, 5.41) is 11.2. The van der Waals surface area contributed by atoms with E-state index < -0.39 is 0 Å². The quantitative estimate of drug-likeness (QED) is 0.575. The third-order valence-corrected chi connectivity index (χ3v) is 7.50. The lowest BCUT2D eigenvalue weighted by atomic mass is 9.89. The second-order valence-electron chi connectivity index (χ2n) is 10.0. The Labute approximate surface area is 212 Å². The summed E-state index contributed by atoms with van der Waals surface area (Å²) in [6.45, 7) is 7.01. The standard InChI is InChI=1S/C29H33N5O2/c1-20-5-6-21(2)26(18-20)29(36)33-15-11-23(12-16-33)22-7-9-25(10-8-22)31-28(35)24-13-17-34(19-24)27-4-3-14-30-32-27/h3-10,14,18,23-24H,11-13,15-17,19H2,1-2H3,(H,31,35)/t24-/m0/s1. The molecule has 186 valence electrons. The Balaban J connectivity index is 1.13. The number of aryl methyl sites for hydroxylation is 2. The normalized spacial score (nSPS) is 18.3. The number of benzene rings is 2. The van der Waals surface area contributed by atoms with Gasteiger partial charge in [0.25, 0.3) is 5.91 Å². The van der Waals surface area contributed by atoms with Gasteiger partial charge in [0.1, 0.15) is 0 Å². The van der Waals surface area contributed by atoms with Gasteiger partial charge in [0.05, 0.1) is 5.92 Å². The Hall–Kier alpha value is -3.74. The fourth-order valence-electron chi connectivity index (χ4n) is 5.28. The lowest BCUT2D eigenvalue weighted by Crippen LogP contribution is -2.38. The molecule has 2 fully saturated rings. The topological polar surface area (TPSA) is 78.4 Å². The van der Waals surface area contributed by atoms with E-state index in [1.165, 1.54) is 5.56 Å². The van der Waals surface area contributed by atoms with E-state index in [2.05, 4.69) is 32.5 Å². The van der Waals surface area contributed by atoms with Crippen molar-refractivity contribution < 1.29 is 9.59 Å². The second kappa shape index (κ2) is 10.5. The lowest BCUT2D eigenvalue weighted by Gasteiger charge is -2.32. The summed E-state index contributed by atoms with van der Waals surface area (Å²) in [5.74, 6) is 1.36. The van der Waals surface area contributed by atoms with Crippen LogP contribution in [0.15, 0.2) is 60.8 Å². The molecule has 0 spiro atoms. The Morgan fingerprint density at radius 2 is 1.72 bits per heavy atom. The fraction of sp³-hybridized carbons (Fsp3) is 0.379. The van der Waals surface area contributed by atoms with Crippen molar-refractivity contribution in [1.82, 2.24) is 15.1 Å². The van der Waals surface area contributed by atoms with Crippen LogP contribution in [-0.2, 0) is 4.79 Å². The van der Waals surface area contributed by atoms with Crippen molar-refractivity contribution in [2.75, 3.05) is 36.4 Å². The molecule has 1 aromatic heterocycles. The zero-order valence-electron chi connectivity index (χ0n) is 21.0. The van der Waals surface area contributed by atoms with Crippen molar-refractivity contribution in [3.05, 3.63) is 83.0 Å². The van der Waals surface area contributed by atoms with Crippen LogP contribution in [-0.4, -0.2) is 53.1 Å². The molecule has 3 heterocycles. The van der Waals surface area contributed by atoms with E-state index in [9.17, 15) is 9.59 Å². The third-order valence-electron chi connectivity index (χ3n) is 7.50. The Kier molecular flexibility index (Phi) is 6.98. The maximum absolute atomic E-state index is 13.0. The summed E-state index contributed by atoms with van der Waals surface area (Å²) in [6.07, 6.45) is 4.35. The molecule has 36 heavy (non-hydrogen) atoms. The van der Waals surface area contributed by atoms with Gasteiger partial charge < -0.3 is 15.1 Å². The highest BCUT2D eigenvalue weighted by Gasteiger charge is 2.29. The molecule has 0 radical (unpaired) electrons. The zero-order valence-corrected chi connectivity index (χ0v) is 21.0. The number of hydrogen-bond donors (Lipinski definition) is 1. The summed E-state index contributed by atoms with van der Waals surface area (Å²) in [5.41, 5.74) is 5.05. The maximum Gasteiger partial charge on any atom is 0.254 e. The first-order valence-corrected chi connectivity index (χ1v) is 12.8. The first kappa shape index (κ1) is 24.0. The van der Waals surface area contributed by atoms with Crippen LogP contribution >= 0.6 is 0 Å². The van der Waals surface area contributed by atoms with Gasteiger partial charge >= 0.3 is 0 Å². The largest absolute Gasteiger partial charge is 0.354 e. The number of rotatable bonds is 5. The minimum Gasteiger partial charge on any atom is -0.354 e. The molecule has 2 amide bonds. The molecular weight excluding hydrogens is 450 g/mol. The number of piperidine rings is 1. The van der Waals surface area contributed by atoms with Gasteiger partial charge in [-0.3, -0.25) is 9.59 Å². The number of carbonyl (C=O) groups excluding carboxylic acids is 2. The molecule has 0 unspecified atom stereocenters. The molecule has 7 heteroatoms. The number of likely N-dealkylation sites (tertiary alicyclic amines) is 1. The van der Waals surface area contributed by atoms with Gasteiger partial charge in [0.2, 0.25) is 5.91 Å². The van der Waals surface area contributed by atoms with E-state index in [4.69, 9.17) is 0 Å². The summed E-state index contributed by atoms with van der Waals surface area (Å²) in [6, 6.07) is 18.1. The molecule has 2 aliphatic rings. The number of hydrogen-bond acceptors (Lipinski definition) is 5. The minimum absolute atomic E-state index is 0.0485. The maximum atomic E-state index is 13.0. The van der Waals surface area contributed by atoms with Gasteiger partial charge in [0.15, 0.2) is 5.82 Å². The number of carbonyl (C=O) groups is 2. The lowest BCUT2D eigenvalue weighted by molar-refractivity contribution is -0.119. The highest BCUT2D eigenvalue weighted by Crippen LogP contribution is 2.30. The van der Waals surface area contributed by atoms with Crippen molar-refractivity contribution in [2.45, 2.75) is 39.0 Å². The Morgan fingerprint density at radius 1 is 0.944 bits per heavy atom. The van der Waals surface area contributed by atoms with Gasteiger partial charge in [-0.05, 0) is 80.5 Å². The molecule has 2 saturated heterocycles. The van der Waals surface area contributed by atoms with Crippen LogP contribution < -0.4 is 10.2 Å². The zero-order chi connectivity index (χ0) is 25.1. The van der Waals surface area contributed by atoms with E-state index >= 15 is 0 Å². The average molecular weight is 484 g/mol. The monoisotopic (exact) mass is 483 g/mol. The molecule has 2 aliphatic heterocycles. The number of nitrogens with zero attached hydrogens (tertiary/aromatic N) is 4. The Bertz CT molecular complexity index is 1220. The summed E-state index contributed by atoms with van der Waals surface area (Å²) in [4.78, 5) is 30.0. The minimum atomic E-state index is -0.0643. The van der Waals surface area contributed by atoms with Crippen molar-refractivity contribution in [2.24, 2.45) is 5.92 Å². The molecule has 2 aromatic carbocycles. The molecular formula is C29H33N5O2. The molecule has 0 bridgehead atoms. The molecule has 0 saturated carbocycles. The van der Waals surface area contributed by atoms with E-state index in [1.807, 2.05) is 61.2 Å². The fourth-order valence-corrected chi connectivity index (χ4v) is 5.28. The SMILES string of the molecule is Cc1ccc(C)c(C(=O)N2CCC(c3ccc(NC(=O)[C@H]4CCN(c5cccnn5)C4)cc3)CC2)c1. The second-order valence-corrected chi connectivity index (χ2v) is 10.0. The number of amides is 2. The first-order chi connectivity index (χ1) is 17.5. The number of aromatic nitrogens is 2. The number of anilines is 2. The Morgan fingerprint density at radius 3 is 2.44 bits per heavy atom. The van der Waals surface area contributed by atoms with Crippen LogP contribution in [0.25, 0.3) is 0 Å². The molecule has 3 aromatic rings. The summed E-state index contributed by atoms with van der Waals surface area (Å²) >= 11 is 0. The highest BCUT2D eigenvalue weighted by atomic mass is 16.2.